The van der Waals surface area contributed by atoms with Crippen LogP contribution in [-0.4, -0.2) is 17.5 Å². The van der Waals surface area contributed by atoms with E-state index in [1.165, 1.54) is 12.4 Å². The summed E-state index contributed by atoms with van der Waals surface area (Å²) in [4.78, 5) is 0. The van der Waals surface area contributed by atoms with Crippen LogP contribution in [0, 0.1) is 7.14 Å². The molecule has 1 N–H and O–H groups in total. The first-order chi connectivity index (χ1) is 8.66. The highest BCUT2D eigenvalue weighted by Gasteiger charge is 2.04. The molecule has 0 saturated heterocycles. The Hall–Kier alpha value is -0.900. The highest BCUT2D eigenvalue weighted by atomic mass is 127. The first-order valence-electron chi connectivity index (χ1n) is 4.95. The molecule has 2 aromatic rings. The van der Waals surface area contributed by atoms with Crippen molar-refractivity contribution in [1.82, 2.24) is 0 Å². The third-order valence-corrected chi connectivity index (χ3v) is 3.49. The Morgan fingerprint density at radius 1 is 1.17 bits per heavy atom. The van der Waals surface area contributed by atoms with Crippen LogP contribution in [0.1, 0.15) is 11.3 Å². The van der Waals surface area contributed by atoms with Gasteiger partial charge in [0.05, 0.1) is 22.3 Å². The normalized spacial score (nSPS) is 11.7. The van der Waals surface area contributed by atoms with E-state index in [0.29, 0.717) is 11.3 Å². The number of phenolic OH excluding ortho intramolecular Hbond substituents is 1. The molecule has 92 valence electrons. The van der Waals surface area contributed by atoms with Gasteiger partial charge in [-0.3, -0.25) is 0 Å². The minimum Gasteiger partial charge on any atom is -0.506 e. The number of hydrogen-bond donors (Lipinski definition) is 1. The van der Waals surface area contributed by atoms with Crippen molar-refractivity contribution >= 4 is 57.6 Å². The molecule has 0 radical (unpaired) electrons. The van der Waals surface area contributed by atoms with Crippen LogP contribution in [0.15, 0.2) is 45.1 Å². The Morgan fingerprint density at radius 3 is 2.67 bits per heavy atom. The highest BCUT2D eigenvalue weighted by Crippen LogP contribution is 2.25. The Morgan fingerprint density at radius 2 is 1.94 bits per heavy atom. The molecule has 0 bridgehead atoms. The number of nitrogens with zero attached hydrogens (tertiary/aromatic N) is 2. The largest absolute Gasteiger partial charge is 0.506 e. The zero-order valence-corrected chi connectivity index (χ0v) is 13.4. The lowest BCUT2D eigenvalue weighted by atomic mass is 10.2. The van der Waals surface area contributed by atoms with Crippen LogP contribution < -0.4 is 0 Å². The Labute approximate surface area is 131 Å². The van der Waals surface area contributed by atoms with Gasteiger partial charge >= 0.3 is 0 Å². The van der Waals surface area contributed by atoms with Crippen molar-refractivity contribution in [3.63, 3.8) is 0 Å². The topological polar surface area (TPSA) is 58.1 Å². The summed E-state index contributed by atoms with van der Waals surface area (Å²) >= 11 is 4.26. The lowest BCUT2D eigenvalue weighted by Gasteiger charge is -2.01. The molecule has 18 heavy (non-hydrogen) atoms. The molecule has 4 nitrogen and oxygen atoms in total. The maximum absolute atomic E-state index is 9.83. The van der Waals surface area contributed by atoms with Gasteiger partial charge in [0.15, 0.2) is 0 Å². The van der Waals surface area contributed by atoms with E-state index in [1.54, 1.807) is 18.4 Å². The van der Waals surface area contributed by atoms with Crippen LogP contribution in [0.25, 0.3) is 0 Å². The van der Waals surface area contributed by atoms with Crippen LogP contribution in [0.2, 0.25) is 0 Å². The van der Waals surface area contributed by atoms with E-state index in [1.807, 2.05) is 12.1 Å². The molecule has 0 fully saturated rings. The maximum Gasteiger partial charge on any atom is 0.146 e. The van der Waals surface area contributed by atoms with Crippen molar-refractivity contribution in [1.29, 1.82) is 0 Å². The number of benzene rings is 1. The number of hydrogen-bond acceptors (Lipinski definition) is 4. The minimum absolute atomic E-state index is 0.216. The van der Waals surface area contributed by atoms with Crippen molar-refractivity contribution in [2.75, 3.05) is 0 Å². The number of aromatic hydroxyl groups is 1. The van der Waals surface area contributed by atoms with E-state index in [0.717, 1.165) is 7.14 Å². The van der Waals surface area contributed by atoms with Crippen LogP contribution in [-0.2, 0) is 0 Å². The Balaban J connectivity index is 2.14. The van der Waals surface area contributed by atoms with Gasteiger partial charge in [0.2, 0.25) is 0 Å². The number of halogens is 2. The van der Waals surface area contributed by atoms with E-state index < -0.39 is 0 Å². The second kappa shape index (κ2) is 6.32. The SMILES string of the molecule is Oc1c(I)cc(I)cc1/C=N/N=C/c1ccco1. The molecule has 0 amide bonds. The monoisotopic (exact) mass is 466 g/mol. The quantitative estimate of drug-likeness (QED) is 0.427. The lowest BCUT2D eigenvalue weighted by molar-refractivity contribution is 0.470. The molecule has 1 heterocycles. The van der Waals surface area contributed by atoms with Crippen molar-refractivity contribution in [3.05, 3.63) is 49.0 Å². The molecule has 0 spiro atoms. The molecule has 2 rings (SSSR count). The highest BCUT2D eigenvalue weighted by molar-refractivity contribution is 14.1. The van der Waals surface area contributed by atoms with Gasteiger partial charge in [-0.25, -0.2) is 0 Å². The number of phenols is 1. The molecular weight excluding hydrogens is 458 g/mol. The second-order valence-corrected chi connectivity index (χ2v) is 5.74. The molecule has 0 aliphatic carbocycles. The molecular formula is C12H8I2N2O2. The second-order valence-electron chi connectivity index (χ2n) is 3.33. The van der Waals surface area contributed by atoms with E-state index in [4.69, 9.17) is 4.42 Å². The average molecular weight is 466 g/mol. The minimum atomic E-state index is 0.216. The summed E-state index contributed by atoms with van der Waals surface area (Å²) in [6.45, 7) is 0. The standard InChI is InChI=1S/C12H8I2N2O2/c13-9-4-8(12(17)11(14)5-9)6-15-16-7-10-2-1-3-18-10/h1-7,17H/b15-6+,16-7+. The van der Waals surface area contributed by atoms with E-state index >= 15 is 0 Å². The van der Waals surface area contributed by atoms with Crippen molar-refractivity contribution in [3.8, 4) is 5.75 Å². The first kappa shape index (κ1) is 13.5. The fraction of sp³-hybridized carbons (Fsp3) is 0. The summed E-state index contributed by atoms with van der Waals surface area (Å²) in [5, 5.41) is 17.6. The van der Waals surface area contributed by atoms with Gasteiger partial charge in [-0.1, -0.05) is 0 Å². The molecule has 1 aromatic heterocycles. The first-order valence-corrected chi connectivity index (χ1v) is 7.10. The van der Waals surface area contributed by atoms with Gasteiger partial charge in [-0.2, -0.15) is 10.2 Å². The summed E-state index contributed by atoms with van der Waals surface area (Å²) in [7, 11) is 0. The number of furan rings is 1. The third kappa shape index (κ3) is 3.55. The Bertz CT molecular complexity index is 592. The van der Waals surface area contributed by atoms with Gasteiger partial charge in [0.25, 0.3) is 0 Å². The van der Waals surface area contributed by atoms with Crippen molar-refractivity contribution in [2.24, 2.45) is 10.2 Å². The number of rotatable bonds is 3. The third-order valence-electron chi connectivity index (χ3n) is 2.05. The van der Waals surface area contributed by atoms with Crippen LogP contribution >= 0.6 is 45.2 Å². The lowest BCUT2D eigenvalue weighted by Crippen LogP contribution is -1.87. The summed E-state index contributed by atoms with van der Waals surface area (Å²) < 4.78 is 6.89. The average Bonchev–Trinajstić information content (AvgIpc) is 2.83. The van der Waals surface area contributed by atoms with E-state index in [9.17, 15) is 5.11 Å². The fourth-order valence-electron chi connectivity index (χ4n) is 1.23. The van der Waals surface area contributed by atoms with Crippen LogP contribution in [0.5, 0.6) is 5.75 Å². The van der Waals surface area contributed by atoms with Crippen LogP contribution in [0.4, 0.5) is 0 Å². The maximum atomic E-state index is 9.83. The predicted octanol–water partition coefficient (Wildman–Crippen LogP) is 3.65. The summed E-state index contributed by atoms with van der Waals surface area (Å²) in [6.07, 6.45) is 4.59. The van der Waals surface area contributed by atoms with E-state index in [-0.39, 0.29) is 5.75 Å². The van der Waals surface area contributed by atoms with E-state index in [2.05, 4.69) is 55.4 Å². The van der Waals surface area contributed by atoms with Crippen molar-refractivity contribution < 1.29 is 9.52 Å². The van der Waals surface area contributed by atoms with Gasteiger partial charge < -0.3 is 9.52 Å². The molecule has 0 aliphatic rings. The fourth-order valence-corrected chi connectivity index (χ4v) is 3.12. The molecule has 0 unspecified atom stereocenters. The molecule has 0 aliphatic heterocycles. The molecule has 0 saturated carbocycles. The predicted molar refractivity (Wildman–Crippen MR) is 87.4 cm³/mol. The van der Waals surface area contributed by atoms with Crippen molar-refractivity contribution in [2.45, 2.75) is 0 Å². The summed E-state index contributed by atoms with van der Waals surface area (Å²) in [5.74, 6) is 0.849. The van der Waals surface area contributed by atoms with Gasteiger partial charge in [0.1, 0.15) is 11.5 Å². The molecule has 1 aromatic carbocycles. The zero-order chi connectivity index (χ0) is 13.0. The van der Waals surface area contributed by atoms with Gasteiger partial charge in [-0.15, -0.1) is 0 Å². The van der Waals surface area contributed by atoms with Gasteiger partial charge in [-0.05, 0) is 69.4 Å². The van der Waals surface area contributed by atoms with Crippen LogP contribution in [0.3, 0.4) is 0 Å². The smallest absolute Gasteiger partial charge is 0.146 e. The summed E-state index contributed by atoms with van der Waals surface area (Å²) in [5.41, 5.74) is 0.642. The Kier molecular flexibility index (Phi) is 4.75. The molecule has 0 atom stereocenters. The summed E-state index contributed by atoms with van der Waals surface area (Å²) in [6, 6.07) is 7.29. The molecule has 6 heteroatoms. The zero-order valence-electron chi connectivity index (χ0n) is 9.05. The van der Waals surface area contributed by atoms with Gasteiger partial charge in [0, 0.05) is 9.13 Å².